The predicted octanol–water partition coefficient (Wildman–Crippen LogP) is 4.97. The molecule has 0 radical (unpaired) electrons. The fourth-order valence-corrected chi connectivity index (χ4v) is 2.96. The number of nitriles is 1. The molecule has 0 fully saturated rings. The quantitative estimate of drug-likeness (QED) is 0.346. The minimum atomic E-state index is -0.548. The molecule has 0 spiro atoms. The summed E-state index contributed by atoms with van der Waals surface area (Å²) in [5.41, 5.74) is 8.43. The lowest BCUT2D eigenvalue weighted by molar-refractivity contribution is -0.112. The zero-order chi connectivity index (χ0) is 20.6. The highest BCUT2D eigenvalue weighted by molar-refractivity contribution is 6.34. The lowest BCUT2D eigenvalue weighted by atomic mass is 10.2. The molecule has 0 saturated carbocycles. The monoisotopic (exact) mass is 402 g/mol. The first kappa shape index (κ1) is 20.0. The van der Waals surface area contributed by atoms with Crippen molar-refractivity contribution in [3.05, 3.63) is 101 Å². The topological polar surface area (TPSA) is 82.2 Å². The van der Waals surface area contributed by atoms with E-state index >= 15 is 0 Å². The number of rotatable bonds is 6. The molecule has 0 bridgehead atoms. The number of para-hydroxylation sites is 1. The van der Waals surface area contributed by atoms with Crippen LogP contribution in [0, 0.1) is 11.3 Å². The third-order valence-corrected chi connectivity index (χ3v) is 4.49. The minimum Gasteiger partial charge on any atom is -0.399 e. The Bertz CT molecular complexity index is 1060. The molecule has 29 heavy (non-hydrogen) atoms. The summed E-state index contributed by atoms with van der Waals surface area (Å²) >= 11 is 6.12. The Balaban J connectivity index is 1.89. The van der Waals surface area contributed by atoms with Gasteiger partial charge in [-0.1, -0.05) is 60.1 Å². The van der Waals surface area contributed by atoms with Gasteiger partial charge in [-0.25, -0.2) is 0 Å². The van der Waals surface area contributed by atoms with Gasteiger partial charge in [-0.15, -0.1) is 0 Å². The zero-order valence-corrected chi connectivity index (χ0v) is 16.3. The molecule has 0 aliphatic rings. The van der Waals surface area contributed by atoms with Crippen molar-refractivity contribution in [2.24, 2.45) is 0 Å². The van der Waals surface area contributed by atoms with Crippen molar-refractivity contribution in [2.75, 3.05) is 16.0 Å². The second-order valence-corrected chi connectivity index (χ2v) is 6.70. The van der Waals surface area contributed by atoms with Crippen LogP contribution >= 0.6 is 11.6 Å². The van der Waals surface area contributed by atoms with Crippen LogP contribution in [0.3, 0.4) is 0 Å². The number of anilines is 3. The molecule has 3 aromatic carbocycles. The highest BCUT2D eigenvalue weighted by Crippen LogP contribution is 2.25. The second-order valence-electron chi connectivity index (χ2n) is 6.30. The molecule has 0 saturated heterocycles. The van der Waals surface area contributed by atoms with Crippen molar-refractivity contribution in [1.82, 2.24) is 0 Å². The molecule has 0 aromatic heterocycles. The average Bonchev–Trinajstić information content (AvgIpc) is 2.74. The maximum absolute atomic E-state index is 12.7. The number of carbonyl (C=O) groups excluding carboxylic acids is 1. The summed E-state index contributed by atoms with van der Waals surface area (Å²) in [4.78, 5) is 14.5. The molecule has 6 heteroatoms. The van der Waals surface area contributed by atoms with Gasteiger partial charge in [-0.05, 0) is 35.9 Å². The Hall–Kier alpha value is -3.75. The van der Waals surface area contributed by atoms with Gasteiger partial charge in [0.25, 0.3) is 5.91 Å². The van der Waals surface area contributed by atoms with E-state index in [1.165, 1.54) is 0 Å². The van der Waals surface area contributed by atoms with E-state index in [1.807, 2.05) is 71.6 Å². The summed E-state index contributed by atoms with van der Waals surface area (Å²) < 4.78 is 0. The molecule has 0 aliphatic carbocycles. The first-order chi connectivity index (χ1) is 14.1. The highest BCUT2D eigenvalue weighted by Gasteiger charge is 2.14. The van der Waals surface area contributed by atoms with Crippen LogP contribution in [-0.2, 0) is 11.3 Å². The summed E-state index contributed by atoms with van der Waals surface area (Å²) in [5.74, 6) is -0.548. The number of carbonyl (C=O) groups is 1. The van der Waals surface area contributed by atoms with Crippen LogP contribution in [0.1, 0.15) is 5.56 Å². The van der Waals surface area contributed by atoms with Crippen molar-refractivity contribution in [2.45, 2.75) is 6.54 Å². The van der Waals surface area contributed by atoms with Crippen LogP contribution < -0.4 is 16.0 Å². The molecule has 0 aliphatic heterocycles. The summed E-state index contributed by atoms with van der Waals surface area (Å²) in [5, 5.41) is 12.6. The molecule has 3 aromatic rings. The van der Waals surface area contributed by atoms with Gasteiger partial charge in [-0.3, -0.25) is 4.79 Å². The van der Waals surface area contributed by atoms with Crippen molar-refractivity contribution in [3.8, 4) is 6.07 Å². The lowest BCUT2D eigenvalue weighted by Crippen LogP contribution is -2.21. The van der Waals surface area contributed by atoms with Crippen molar-refractivity contribution >= 4 is 34.6 Å². The van der Waals surface area contributed by atoms with Crippen LogP contribution in [0.5, 0.6) is 0 Å². The maximum atomic E-state index is 12.7. The van der Waals surface area contributed by atoms with Gasteiger partial charge in [0.2, 0.25) is 0 Å². The summed E-state index contributed by atoms with van der Waals surface area (Å²) in [7, 11) is 0. The number of nitrogen functional groups attached to an aromatic ring is 1. The fourth-order valence-electron chi connectivity index (χ4n) is 2.73. The highest BCUT2D eigenvalue weighted by atomic mass is 35.5. The first-order valence-electron chi connectivity index (χ1n) is 8.91. The number of hydrogen-bond donors (Lipinski definition) is 2. The van der Waals surface area contributed by atoms with Gasteiger partial charge in [0, 0.05) is 24.1 Å². The molecule has 144 valence electrons. The molecular formula is C23H19ClN4O. The molecule has 0 unspecified atom stereocenters. The third-order valence-electron chi connectivity index (χ3n) is 4.17. The van der Waals surface area contributed by atoms with E-state index in [0.717, 1.165) is 11.3 Å². The number of hydrogen-bond acceptors (Lipinski definition) is 4. The van der Waals surface area contributed by atoms with E-state index in [-0.39, 0.29) is 5.57 Å². The van der Waals surface area contributed by atoms with Gasteiger partial charge in [-0.2, -0.15) is 5.26 Å². The van der Waals surface area contributed by atoms with Crippen LogP contribution in [-0.4, -0.2) is 5.91 Å². The van der Waals surface area contributed by atoms with Gasteiger partial charge in [0.05, 0.1) is 10.7 Å². The first-order valence-corrected chi connectivity index (χ1v) is 9.28. The number of nitrogens with one attached hydrogen (secondary N) is 1. The number of amides is 1. The summed E-state index contributed by atoms with van der Waals surface area (Å²) in [6, 6.07) is 26.1. The molecular weight excluding hydrogens is 384 g/mol. The van der Waals surface area contributed by atoms with E-state index < -0.39 is 5.91 Å². The smallest absolute Gasteiger partial charge is 0.267 e. The number of halogens is 1. The van der Waals surface area contributed by atoms with Gasteiger partial charge in [0.1, 0.15) is 11.6 Å². The van der Waals surface area contributed by atoms with Gasteiger partial charge >= 0.3 is 0 Å². The predicted molar refractivity (Wildman–Crippen MR) is 117 cm³/mol. The van der Waals surface area contributed by atoms with E-state index in [2.05, 4.69) is 5.32 Å². The van der Waals surface area contributed by atoms with Gasteiger partial charge in [0.15, 0.2) is 0 Å². The van der Waals surface area contributed by atoms with E-state index in [0.29, 0.717) is 22.9 Å². The summed E-state index contributed by atoms with van der Waals surface area (Å²) in [6.07, 6.45) is 1.54. The zero-order valence-electron chi connectivity index (χ0n) is 15.5. The SMILES string of the molecule is N#C/C(=C/N(Cc1ccccc1)c1ccccc1)C(=O)Nc1ccc(N)cc1Cl. The number of benzene rings is 3. The number of nitrogens with two attached hydrogens (primary N) is 1. The van der Waals surface area contributed by atoms with E-state index in [9.17, 15) is 10.1 Å². The fraction of sp³-hybridized carbons (Fsp3) is 0.0435. The number of nitrogens with zero attached hydrogens (tertiary/aromatic N) is 2. The van der Waals surface area contributed by atoms with Crippen molar-refractivity contribution < 1.29 is 4.79 Å². The maximum Gasteiger partial charge on any atom is 0.267 e. The Morgan fingerprint density at radius 1 is 1.07 bits per heavy atom. The standard InChI is InChI=1S/C23H19ClN4O/c24-21-13-19(26)11-12-22(21)27-23(29)18(14-25)16-28(20-9-5-2-6-10-20)15-17-7-3-1-4-8-17/h1-13,16H,15,26H2,(H,27,29)/b18-16-. The Labute approximate surface area is 174 Å². The molecule has 0 heterocycles. The molecule has 1 amide bonds. The van der Waals surface area contributed by atoms with E-state index in [1.54, 1.807) is 24.4 Å². The Morgan fingerprint density at radius 2 is 1.72 bits per heavy atom. The molecule has 3 N–H and O–H groups in total. The third kappa shape index (κ3) is 5.38. The van der Waals surface area contributed by atoms with Crippen LogP contribution in [0.15, 0.2) is 90.6 Å². The van der Waals surface area contributed by atoms with Crippen molar-refractivity contribution in [3.63, 3.8) is 0 Å². The Morgan fingerprint density at radius 3 is 2.34 bits per heavy atom. The van der Waals surface area contributed by atoms with Gasteiger partial charge < -0.3 is 16.0 Å². The molecule has 3 rings (SSSR count). The van der Waals surface area contributed by atoms with Crippen LogP contribution in [0.25, 0.3) is 0 Å². The van der Waals surface area contributed by atoms with E-state index in [4.69, 9.17) is 17.3 Å². The normalized spacial score (nSPS) is 10.8. The lowest BCUT2D eigenvalue weighted by Gasteiger charge is -2.21. The second kappa shape index (κ2) is 9.45. The molecule has 0 atom stereocenters. The Kier molecular flexibility index (Phi) is 6.51. The summed E-state index contributed by atoms with van der Waals surface area (Å²) in [6.45, 7) is 0.506. The van der Waals surface area contributed by atoms with Crippen molar-refractivity contribution in [1.29, 1.82) is 5.26 Å². The van der Waals surface area contributed by atoms with Crippen LogP contribution in [0.2, 0.25) is 5.02 Å². The minimum absolute atomic E-state index is 0.0438. The van der Waals surface area contributed by atoms with Crippen LogP contribution in [0.4, 0.5) is 17.1 Å². The largest absolute Gasteiger partial charge is 0.399 e. The molecule has 5 nitrogen and oxygen atoms in total. The average molecular weight is 403 g/mol.